The zero-order valence-electron chi connectivity index (χ0n) is 14.7. The molecule has 2 N–H and O–H groups in total. The highest BCUT2D eigenvalue weighted by Gasteiger charge is 2.34. The molecule has 0 aliphatic carbocycles. The van der Waals surface area contributed by atoms with Gasteiger partial charge in [0.15, 0.2) is 0 Å². The van der Waals surface area contributed by atoms with Crippen LogP contribution in [0.2, 0.25) is 0 Å². The van der Waals surface area contributed by atoms with E-state index in [1.807, 2.05) is 48.5 Å². The van der Waals surface area contributed by atoms with Gasteiger partial charge in [-0.25, -0.2) is 0 Å². The predicted octanol–water partition coefficient (Wildman–Crippen LogP) is 1.72. The summed E-state index contributed by atoms with van der Waals surface area (Å²) < 4.78 is 0. The molecule has 4 rings (SSSR count). The summed E-state index contributed by atoms with van der Waals surface area (Å²) in [5.74, 6) is 0.623. The molecule has 27 heavy (non-hydrogen) atoms. The number of amides is 1. The first-order valence-electron chi connectivity index (χ1n) is 8.62. The van der Waals surface area contributed by atoms with Crippen LogP contribution >= 0.6 is 12.4 Å². The molecule has 1 aromatic heterocycles. The van der Waals surface area contributed by atoms with Crippen LogP contribution in [-0.4, -0.2) is 50.1 Å². The van der Waals surface area contributed by atoms with E-state index in [1.165, 1.54) is 10.4 Å². The average molecular weight is 385 g/mol. The van der Waals surface area contributed by atoms with Gasteiger partial charge < -0.3 is 10.6 Å². The van der Waals surface area contributed by atoms with Crippen molar-refractivity contribution in [3.05, 3.63) is 66.2 Å². The van der Waals surface area contributed by atoms with Crippen molar-refractivity contribution in [1.82, 2.24) is 25.1 Å². The van der Waals surface area contributed by atoms with Crippen molar-refractivity contribution in [1.29, 1.82) is 0 Å². The van der Waals surface area contributed by atoms with Crippen molar-refractivity contribution in [3.8, 4) is 11.4 Å². The second-order valence-electron chi connectivity index (χ2n) is 6.49. The molecule has 1 fully saturated rings. The lowest BCUT2D eigenvalue weighted by atomic mass is 9.95. The Labute approximate surface area is 163 Å². The molecule has 1 aliphatic rings. The molecule has 0 radical (unpaired) electrons. The van der Waals surface area contributed by atoms with Crippen molar-refractivity contribution in [2.75, 3.05) is 13.1 Å². The van der Waals surface area contributed by atoms with Crippen LogP contribution in [0.4, 0.5) is 0 Å². The topological polar surface area (TPSA) is 89.9 Å². The van der Waals surface area contributed by atoms with Gasteiger partial charge >= 0.3 is 0 Å². The number of nitrogens with zero attached hydrogens (tertiary/aromatic N) is 5. The fraction of sp³-hybridized carbons (Fsp3) is 0.263. The van der Waals surface area contributed by atoms with Crippen LogP contribution in [0.3, 0.4) is 0 Å². The summed E-state index contributed by atoms with van der Waals surface area (Å²) in [6.07, 6.45) is 0. The lowest BCUT2D eigenvalue weighted by Crippen LogP contribution is -2.34. The van der Waals surface area contributed by atoms with E-state index >= 15 is 0 Å². The van der Waals surface area contributed by atoms with Crippen molar-refractivity contribution in [3.63, 3.8) is 0 Å². The molecule has 3 aromatic rings. The molecule has 1 saturated heterocycles. The Hall–Kier alpha value is -2.77. The van der Waals surface area contributed by atoms with Gasteiger partial charge in [-0.3, -0.25) is 4.79 Å². The Morgan fingerprint density at radius 1 is 1.04 bits per heavy atom. The first-order chi connectivity index (χ1) is 12.7. The minimum absolute atomic E-state index is 0. The number of benzene rings is 2. The minimum atomic E-state index is -0.0649. The summed E-state index contributed by atoms with van der Waals surface area (Å²) >= 11 is 0. The predicted molar refractivity (Wildman–Crippen MR) is 104 cm³/mol. The zero-order valence-corrected chi connectivity index (χ0v) is 15.5. The van der Waals surface area contributed by atoms with Gasteiger partial charge in [-0.05, 0) is 10.8 Å². The summed E-state index contributed by atoms with van der Waals surface area (Å²) in [4.78, 5) is 15.7. The number of aromatic nitrogens is 4. The quantitative estimate of drug-likeness (QED) is 0.739. The van der Waals surface area contributed by atoms with Crippen LogP contribution in [-0.2, 0) is 11.3 Å². The van der Waals surface area contributed by atoms with Crippen LogP contribution in [0.1, 0.15) is 11.5 Å². The molecule has 0 bridgehead atoms. The molecule has 2 aromatic carbocycles. The number of tetrazole rings is 1. The molecule has 0 spiro atoms. The summed E-state index contributed by atoms with van der Waals surface area (Å²) in [5, 5.41) is 12.3. The minimum Gasteiger partial charge on any atom is -0.339 e. The number of rotatable bonds is 4. The maximum absolute atomic E-state index is 12.6. The van der Waals surface area contributed by atoms with E-state index < -0.39 is 0 Å². The zero-order chi connectivity index (χ0) is 17.9. The Bertz CT molecular complexity index is 885. The maximum Gasteiger partial charge on any atom is 0.246 e. The monoisotopic (exact) mass is 384 g/mol. The Kier molecular flexibility index (Phi) is 5.83. The van der Waals surface area contributed by atoms with Crippen LogP contribution in [0.5, 0.6) is 0 Å². The van der Waals surface area contributed by atoms with Crippen molar-refractivity contribution >= 4 is 18.3 Å². The Morgan fingerprint density at radius 3 is 2.41 bits per heavy atom. The molecular weight excluding hydrogens is 364 g/mol. The van der Waals surface area contributed by atoms with Crippen LogP contribution in [0.25, 0.3) is 11.4 Å². The van der Waals surface area contributed by atoms with Gasteiger partial charge in [0.05, 0.1) is 0 Å². The molecule has 0 saturated carbocycles. The van der Waals surface area contributed by atoms with E-state index in [0.29, 0.717) is 18.9 Å². The van der Waals surface area contributed by atoms with Crippen molar-refractivity contribution in [2.24, 2.45) is 5.73 Å². The highest BCUT2D eigenvalue weighted by atomic mass is 35.5. The van der Waals surface area contributed by atoms with Gasteiger partial charge in [0.25, 0.3) is 0 Å². The van der Waals surface area contributed by atoms with E-state index in [1.54, 1.807) is 4.90 Å². The average Bonchev–Trinajstić information content (AvgIpc) is 3.30. The standard InChI is InChI=1S/C19H20N6O.ClH/c20-17-12-24(11-16(17)14-7-3-1-4-8-14)18(26)13-25-22-19(21-23-25)15-9-5-2-6-10-15;/h1-10,16-17H,11-13,20H2;1H/t16-,17+;/m0./s1. The van der Waals surface area contributed by atoms with Crippen LogP contribution in [0.15, 0.2) is 60.7 Å². The third-order valence-corrected chi connectivity index (χ3v) is 4.71. The molecule has 1 amide bonds. The highest BCUT2D eigenvalue weighted by molar-refractivity contribution is 5.85. The fourth-order valence-corrected chi connectivity index (χ4v) is 3.32. The number of likely N-dealkylation sites (tertiary alicyclic amines) is 1. The number of hydrogen-bond donors (Lipinski definition) is 1. The maximum atomic E-state index is 12.6. The largest absolute Gasteiger partial charge is 0.339 e. The van der Waals surface area contributed by atoms with E-state index in [9.17, 15) is 4.79 Å². The molecule has 7 nitrogen and oxygen atoms in total. The smallest absolute Gasteiger partial charge is 0.246 e. The number of carbonyl (C=O) groups excluding carboxylic acids is 1. The Balaban J connectivity index is 0.00000210. The molecule has 2 heterocycles. The van der Waals surface area contributed by atoms with Gasteiger partial charge in [-0.15, -0.1) is 22.6 Å². The fourth-order valence-electron chi connectivity index (χ4n) is 3.32. The molecule has 8 heteroatoms. The number of halogens is 1. The van der Waals surface area contributed by atoms with Gasteiger partial charge in [0.2, 0.25) is 11.7 Å². The third kappa shape index (κ3) is 4.15. The lowest BCUT2D eigenvalue weighted by Gasteiger charge is -2.16. The number of nitrogens with two attached hydrogens (primary N) is 1. The molecule has 140 valence electrons. The van der Waals surface area contributed by atoms with E-state index in [4.69, 9.17) is 5.73 Å². The van der Waals surface area contributed by atoms with Gasteiger partial charge in [0, 0.05) is 30.6 Å². The summed E-state index contributed by atoms with van der Waals surface area (Å²) in [7, 11) is 0. The molecule has 1 aliphatic heterocycles. The third-order valence-electron chi connectivity index (χ3n) is 4.71. The van der Waals surface area contributed by atoms with E-state index in [0.717, 1.165) is 5.56 Å². The van der Waals surface area contributed by atoms with Crippen LogP contribution in [0, 0.1) is 0 Å². The lowest BCUT2D eigenvalue weighted by molar-refractivity contribution is -0.131. The summed E-state index contributed by atoms with van der Waals surface area (Å²) in [6.45, 7) is 1.22. The SMILES string of the molecule is Cl.N[C@@H]1CN(C(=O)Cn2nnc(-c3ccccc3)n2)C[C@H]1c1ccccc1. The van der Waals surface area contributed by atoms with Gasteiger partial charge in [-0.1, -0.05) is 60.7 Å². The normalized spacial score (nSPS) is 18.9. The van der Waals surface area contributed by atoms with Crippen molar-refractivity contribution < 1.29 is 4.79 Å². The van der Waals surface area contributed by atoms with Crippen molar-refractivity contribution in [2.45, 2.75) is 18.5 Å². The van der Waals surface area contributed by atoms with Gasteiger partial charge in [0.1, 0.15) is 6.54 Å². The first-order valence-corrected chi connectivity index (χ1v) is 8.62. The highest BCUT2D eigenvalue weighted by Crippen LogP contribution is 2.26. The second kappa shape index (κ2) is 8.28. The van der Waals surface area contributed by atoms with Crippen LogP contribution < -0.4 is 5.73 Å². The molecule has 2 atom stereocenters. The number of carbonyl (C=O) groups is 1. The second-order valence-corrected chi connectivity index (χ2v) is 6.49. The van der Waals surface area contributed by atoms with E-state index in [-0.39, 0.29) is 36.8 Å². The number of hydrogen-bond acceptors (Lipinski definition) is 5. The summed E-state index contributed by atoms with van der Waals surface area (Å²) in [5.41, 5.74) is 8.31. The van der Waals surface area contributed by atoms with E-state index in [2.05, 4.69) is 27.5 Å². The Morgan fingerprint density at radius 2 is 1.70 bits per heavy atom. The molecular formula is C19H21ClN6O. The molecule has 0 unspecified atom stereocenters. The summed E-state index contributed by atoms with van der Waals surface area (Å²) in [6, 6.07) is 19.6. The first kappa shape index (κ1) is 19.0. The van der Waals surface area contributed by atoms with Gasteiger partial charge in [-0.2, -0.15) is 4.80 Å².